The number of rotatable bonds is 5. The summed E-state index contributed by atoms with van der Waals surface area (Å²) in [6.45, 7) is 4.44. The number of ether oxygens (including phenoxy) is 2. The molecule has 1 aromatic carbocycles. The summed E-state index contributed by atoms with van der Waals surface area (Å²) >= 11 is 3.50. The predicted molar refractivity (Wildman–Crippen MR) is 68.7 cm³/mol. The number of hydrogen-bond donors (Lipinski definition) is 1. The zero-order valence-electron chi connectivity index (χ0n) is 9.87. The van der Waals surface area contributed by atoms with Crippen LogP contribution in [-0.4, -0.2) is 19.8 Å². The third-order valence-corrected chi connectivity index (χ3v) is 2.92. The lowest BCUT2D eigenvalue weighted by Gasteiger charge is -2.20. The lowest BCUT2D eigenvalue weighted by molar-refractivity contribution is 0.0115. The van der Waals surface area contributed by atoms with Gasteiger partial charge in [0, 0.05) is 11.0 Å². The van der Waals surface area contributed by atoms with E-state index in [2.05, 4.69) is 15.9 Å². The topological polar surface area (TPSA) is 44.5 Å². The first-order valence-corrected chi connectivity index (χ1v) is 6.06. The number of hydrogen-bond acceptors (Lipinski definition) is 3. The monoisotopic (exact) mass is 287 g/mol. The summed E-state index contributed by atoms with van der Waals surface area (Å²) < 4.78 is 11.9. The van der Waals surface area contributed by atoms with Crippen LogP contribution in [0, 0.1) is 0 Å². The minimum Gasteiger partial charge on any atom is -0.497 e. The van der Waals surface area contributed by atoms with Crippen molar-refractivity contribution in [2.45, 2.75) is 26.1 Å². The van der Waals surface area contributed by atoms with Crippen LogP contribution < -0.4 is 10.5 Å². The minimum absolute atomic E-state index is 0.107. The van der Waals surface area contributed by atoms with Crippen LogP contribution in [0.5, 0.6) is 5.75 Å². The van der Waals surface area contributed by atoms with Gasteiger partial charge in [0.1, 0.15) is 5.75 Å². The fourth-order valence-electron chi connectivity index (χ4n) is 1.48. The molecule has 1 aromatic rings. The maximum atomic E-state index is 5.76. The van der Waals surface area contributed by atoms with E-state index in [1.165, 1.54) is 0 Å². The van der Waals surface area contributed by atoms with E-state index in [4.69, 9.17) is 15.2 Å². The molecule has 0 heterocycles. The third kappa shape index (κ3) is 3.47. The number of nitrogens with two attached hydrogens (primary N) is 1. The van der Waals surface area contributed by atoms with Crippen molar-refractivity contribution in [3.8, 4) is 5.75 Å². The van der Waals surface area contributed by atoms with Crippen LogP contribution in [0.15, 0.2) is 22.7 Å². The van der Waals surface area contributed by atoms with Crippen LogP contribution >= 0.6 is 15.9 Å². The zero-order chi connectivity index (χ0) is 12.1. The van der Waals surface area contributed by atoms with Crippen LogP contribution in [0.2, 0.25) is 0 Å². The van der Waals surface area contributed by atoms with Crippen LogP contribution in [0.3, 0.4) is 0 Å². The number of benzene rings is 1. The molecule has 0 bridgehead atoms. The highest BCUT2D eigenvalue weighted by molar-refractivity contribution is 9.10. The molecule has 0 radical (unpaired) electrons. The molecular weight excluding hydrogens is 270 g/mol. The van der Waals surface area contributed by atoms with Gasteiger partial charge < -0.3 is 15.2 Å². The Labute approximate surface area is 105 Å². The Morgan fingerprint density at radius 2 is 2.06 bits per heavy atom. The van der Waals surface area contributed by atoms with Crippen molar-refractivity contribution in [2.24, 2.45) is 5.73 Å². The van der Waals surface area contributed by atoms with Gasteiger partial charge in [0.05, 0.1) is 19.3 Å². The standard InChI is InChI=1S/C12H18BrNO2/c1-8(2)16-12(7-14)10-6-9(15-3)4-5-11(10)13/h4-6,8,12H,7,14H2,1-3H3. The Bertz CT molecular complexity index is 342. The first-order chi connectivity index (χ1) is 7.58. The van der Waals surface area contributed by atoms with E-state index in [0.717, 1.165) is 15.8 Å². The Morgan fingerprint density at radius 1 is 1.38 bits per heavy atom. The fourth-order valence-corrected chi connectivity index (χ4v) is 1.98. The van der Waals surface area contributed by atoms with Crippen LogP contribution in [-0.2, 0) is 4.74 Å². The lowest BCUT2D eigenvalue weighted by atomic mass is 10.1. The SMILES string of the molecule is COc1ccc(Br)c(C(CN)OC(C)C)c1. The van der Waals surface area contributed by atoms with Gasteiger partial charge in [0.15, 0.2) is 0 Å². The molecule has 1 atom stereocenters. The molecule has 90 valence electrons. The average molecular weight is 288 g/mol. The van der Waals surface area contributed by atoms with Crippen molar-refractivity contribution >= 4 is 15.9 Å². The Morgan fingerprint density at radius 3 is 2.56 bits per heavy atom. The van der Waals surface area contributed by atoms with Crippen LogP contribution in [0.1, 0.15) is 25.5 Å². The van der Waals surface area contributed by atoms with Crippen molar-refractivity contribution in [2.75, 3.05) is 13.7 Å². The Hall–Kier alpha value is -0.580. The molecule has 0 aliphatic rings. The Balaban J connectivity index is 2.98. The molecule has 4 heteroatoms. The van der Waals surface area contributed by atoms with Crippen molar-refractivity contribution in [3.63, 3.8) is 0 Å². The molecule has 0 aliphatic heterocycles. The molecular formula is C12H18BrNO2. The summed E-state index contributed by atoms with van der Waals surface area (Å²) in [5.41, 5.74) is 6.75. The van der Waals surface area contributed by atoms with Crippen LogP contribution in [0.25, 0.3) is 0 Å². The Kier molecular flexibility index (Phi) is 5.25. The van der Waals surface area contributed by atoms with Crippen molar-refractivity contribution in [3.05, 3.63) is 28.2 Å². The molecule has 16 heavy (non-hydrogen) atoms. The highest BCUT2D eigenvalue weighted by atomic mass is 79.9. The molecule has 3 nitrogen and oxygen atoms in total. The summed E-state index contributed by atoms with van der Waals surface area (Å²) in [5.74, 6) is 0.809. The molecule has 0 amide bonds. The summed E-state index contributed by atoms with van der Waals surface area (Å²) in [6, 6.07) is 5.79. The van der Waals surface area contributed by atoms with Crippen molar-refractivity contribution in [1.82, 2.24) is 0 Å². The number of halogens is 1. The summed E-state index contributed by atoms with van der Waals surface area (Å²) in [6.07, 6.45) is 0.0381. The first kappa shape index (κ1) is 13.5. The third-order valence-electron chi connectivity index (χ3n) is 2.20. The van der Waals surface area contributed by atoms with Gasteiger partial charge >= 0.3 is 0 Å². The smallest absolute Gasteiger partial charge is 0.119 e. The van der Waals surface area contributed by atoms with E-state index in [1.54, 1.807) is 7.11 Å². The number of methoxy groups -OCH3 is 1. The normalized spacial score (nSPS) is 12.9. The van der Waals surface area contributed by atoms with Crippen molar-refractivity contribution < 1.29 is 9.47 Å². The van der Waals surface area contributed by atoms with E-state index in [-0.39, 0.29) is 12.2 Å². The summed E-state index contributed by atoms with van der Waals surface area (Å²) in [4.78, 5) is 0. The van der Waals surface area contributed by atoms with Gasteiger partial charge in [-0.1, -0.05) is 15.9 Å². The van der Waals surface area contributed by atoms with Gasteiger partial charge in [-0.15, -0.1) is 0 Å². The molecule has 1 unspecified atom stereocenters. The second kappa shape index (κ2) is 6.23. The van der Waals surface area contributed by atoms with E-state index >= 15 is 0 Å². The summed E-state index contributed by atoms with van der Waals surface area (Å²) in [7, 11) is 1.65. The maximum absolute atomic E-state index is 5.76. The van der Waals surface area contributed by atoms with Gasteiger partial charge in [0.2, 0.25) is 0 Å². The highest BCUT2D eigenvalue weighted by Gasteiger charge is 2.15. The van der Waals surface area contributed by atoms with E-state index in [9.17, 15) is 0 Å². The van der Waals surface area contributed by atoms with Gasteiger partial charge in [-0.25, -0.2) is 0 Å². The zero-order valence-corrected chi connectivity index (χ0v) is 11.5. The van der Waals surface area contributed by atoms with Gasteiger partial charge in [-0.2, -0.15) is 0 Å². The fraction of sp³-hybridized carbons (Fsp3) is 0.500. The molecule has 0 aromatic heterocycles. The van der Waals surface area contributed by atoms with E-state index < -0.39 is 0 Å². The van der Waals surface area contributed by atoms with Gasteiger partial charge in [0.25, 0.3) is 0 Å². The molecule has 0 spiro atoms. The maximum Gasteiger partial charge on any atom is 0.119 e. The molecule has 0 aliphatic carbocycles. The van der Waals surface area contributed by atoms with Crippen molar-refractivity contribution in [1.29, 1.82) is 0 Å². The molecule has 2 N–H and O–H groups in total. The second-order valence-corrected chi connectivity index (χ2v) is 4.65. The minimum atomic E-state index is -0.107. The van der Waals surface area contributed by atoms with Gasteiger partial charge in [-0.3, -0.25) is 0 Å². The molecule has 1 rings (SSSR count). The van der Waals surface area contributed by atoms with Gasteiger partial charge in [-0.05, 0) is 37.6 Å². The van der Waals surface area contributed by atoms with Crippen LogP contribution in [0.4, 0.5) is 0 Å². The average Bonchev–Trinajstić information content (AvgIpc) is 2.26. The van der Waals surface area contributed by atoms with E-state index in [1.807, 2.05) is 32.0 Å². The molecule has 0 saturated carbocycles. The quantitative estimate of drug-likeness (QED) is 0.906. The highest BCUT2D eigenvalue weighted by Crippen LogP contribution is 2.29. The second-order valence-electron chi connectivity index (χ2n) is 3.80. The summed E-state index contributed by atoms with van der Waals surface area (Å²) in [5, 5.41) is 0. The van der Waals surface area contributed by atoms with E-state index in [0.29, 0.717) is 6.54 Å². The lowest BCUT2D eigenvalue weighted by Crippen LogP contribution is -2.19. The molecule has 0 fully saturated rings. The first-order valence-electron chi connectivity index (χ1n) is 5.27. The largest absolute Gasteiger partial charge is 0.497 e. The predicted octanol–water partition coefficient (Wildman–Crippen LogP) is 2.88. The molecule has 0 saturated heterocycles.